The second-order valence-electron chi connectivity index (χ2n) is 5.94. The van der Waals surface area contributed by atoms with E-state index < -0.39 is 0 Å². The van der Waals surface area contributed by atoms with Crippen molar-refractivity contribution in [3.05, 3.63) is 72.2 Å². The molecule has 0 aliphatic carbocycles. The summed E-state index contributed by atoms with van der Waals surface area (Å²) in [6.45, 7) is 4.57. The van der Waals surface area contributed by atoms with Gasteiger partial charge in [0.25, 0.3) is 0 Å². The molecular weight excluding hydrogens is 300 g/mol. The van der Waals surface area contributed by atoms with Crippen molar-refractivity contribution in [2.75, 3.05) is 32.7 Å². The van der Waals surface area contributed by atoms with Crippen LogP contribution in [-0.4, -0.2) is 43.5 Å². The number of carbonyl (C=O) groups excluding carboxylic acids is 1. The molecule has 1 fully saturated rings. The molecule has 0 unspecified atom stereocenters. The Morgan fingerprint density at radius 1 is 1.08 bits per heavy atom. The molecule has 1 N–H and O–H groups in total. The summed E-state index contributed by atoms with van der Waals surface area (Å²) < 4.78 is 5.20. The number of benzene rings is 1. The fourth-order valence-corrected chi connectivity index (χ4v) is 2.82. The number of piperazine rings is 1. The van der Waals surface area contributed by atoms with Gasteiger partial charge in [-0.2, -0.15) is 0 Å². The van der Waals surface area contributed by atoms with Crippen molar-refractivity contribution >= 4 is 18.1 Å². The Morgan fingerprint density at radius 3 is 2.58 bits per heavy atom. The minimum Gasteiger partial charge on any atom is -0.465 e. The number of amides is 1. The van der Waals surface area contributed by atoms with Gasteiger partial charge in [0, 0.05) is 6.08 Å². The lowest BCUT2D eigenvalue weighted by Gasteiger charge is -2.31. The van der Waals surface area contributed by atoms with Gasteiger partial charge < -0.3 is 14.2 Å². The van der Waals surface area contributed by atoms with E-state index in [-0.39, 0.29) is 5.91 Å². The SMILES string of the molecule is O=C(/C=C/c1ccco1)N1CC[NH+](C/C=C/c2ccccc2)CC1. The summed E-state index contributed by atoms with van der Waals surface area (Å²) in [5.41, 5.74) is 1.23. The van der Waals surface area contributed by atoms with Crippen LogP contribution in [0.25, 0.3) is 12.2 Å². The first-order valence-corrected chi connectivity index (χ1v) is 8.37. The Hall–Kier alpha value is -2.59. The number of nitrogens with zero attached hydrogens (tertiary/aromatic N) is 1. The lowest BCUT2D eigenvalue weighted by molar-refractivity contribution is -0.898. The zero-order valence-electron chi connectivity index (χ0n) is 13.7. The molecule has 1 saturated heterocycles. The summed E-state index contributed by atoms with van der Waals surface area (Å²) in [6, 6.07) is 14.0. The largest absolute Gasteiger partial charge is 0.465 e. The Labute approximate surface area is 142 Å². The highest BCUT2D eigenvalue weighted by molar-refractivity contribution is 5.91. The van der Waals surface area contributed by atoms with Crippen LogP contribution in [0, 0.1) is 0 Å². The fraction of sp³-hybridized carbons (Fsp3) is 0.250. The average molecular weight is 323 g/mol. The van der Waals surface area contributed by atoms with Crippen LogP contribution < -0.4 is 4.90 Å². The Balaban J connectivity index is 1.42. The molecule has 0 saturated carbocycles. The maximum absolute atomic E-state index is 12.2. The summed E-state index contributed by atoms with van der Waals surface area (Å²) in [6.07, 6.45) is 9.31. The molecule has 3 rings (SSSR count). The molecule has 0 radical (unpaired) electrons. The van der Waals surface area contributed by atoms with Gasteiger partial charge in [-0.15, -0.1) is 0 Å². The fourth-order valence-electron chi connectivity index (χ4n) is 2.82. The van der Waals surface area contributed by atoms with Crippen molar-refractivity contribution in [1.82, 2.24) is 4.90 Å². The van der Waals surface area contributed by atoms with Gasteiger partial charge in [-0.1, -0.05) is 36.4 Å². The molecule has 0 atom stereocenters. The monoisotopic (exact) mass is 323 g/mol. The minimum absolute atomic E-state index is 0.0604. The van der Waals surface area contributed by atoms with Crippen LogP contribution >= 0.6 is 0 Å². The van der Waals surface area contributed by atoms with E-state index in [1.54, 1.807) is 18.4 Å². The summed E-state index contributed by atoms with van der Waals surface area (Å²) >= 11 is 0. The number of hydrogen-bond donors (Lipinski definition) is 1. The van der Waals surface area contributed by atoms with Gasteiger partial charge in [0.05, 0.1) is 39.0 Å². The summed E-state index contributed by atoms with van der Waals surface area (Å²) in [5, 5.41) is 0. The van der Waals surface area contributed by atoms with Crippen molar-refractivity contribution in [2.45, 2.75) is 0 Å². The number of furan rings is 1. The average Bonchev–Trinajstić information content (AvgIpc) is 3.15. The van der Waals surface area contributed by atoms with Gasteiger partial charge in [-0.3, -0.25) is 4.79 Å². The Bertz CT molecular complexity index is 682. The van der Waals surface area contributed by atoms with Gasteiger partial charge in [-0.05, 0) is 29.8 Å². The molecule has 0 spiro atoms. The quantitative estimate of drug-likeness (QED) is 0.851. The predicted octanol–water partition coefficient (Wildman–Crippen LogP) is 1.73. The van der Waals surface area contributed by atoms with Crippen molar-refractivity contribution in [3.63, 3.8) is 0 Å². The van der Waals surface area contributed by atoms with Crippen LogP contribution in [0.5, 0.6) is 0 Å². The molecule has 1 aliphatic rings. The van der Waals surface area contributed by atoms with Gasteiger partial charge >= 0.3 is 0 Å². The maximum atomic E-state index is 12.2. The molecule has 4 heteroatoms. The summed E-state index contributed by atoms with van der Waals surface area (Å²) in [5.74, 6) is 0.768. The van der Waals surface area contributed by atoms with E-state index in [0.29, 0.717) is 5.76 Å². The lowest BCUT2D eigenvalue weighted by atomic mass is 10.2. The van der Waals surface area contributed by atoms with Crippen LogP contribution in [0.15, 0.2) is 65.3 Å². The van der Waals surface area contributed by atoms with E-state index in [1.165, 1.54) is 10.5 Å². The van der Waals surface area contributed by atoms with E-state index in [0.717, 1.165) is 32.7 Å². The summed E-state index contributed by atoms with van der Waals surface area (Å²) in [7, 11) is 0. The van der Waals surface area contributed by atoms with Crippen LogP contribution in [0.3, 0.4) is 0 Å². The molecule has 1 aromatic heterocycles. The molecule has 2 heterocycles. The first-order valence-electron chi connectivity index (χ1n) is 8.37. The van der Waals surface area contributed by atoms with E-state index in [1.807, 2.05) is 35.2 Å². The van der Waals surface area contributed by atoms with Crippen molar-refractivity contribution in [1.29, 1.82) is 0 Å². The number of quaternary nitrogens is 1. The lowest BCUT2D eigenvalue weighted by Crippen LogP contribution is -3.14. The summed E-state index contributed by atoms with van der Waals surface area (Å²) in [4.78, 5) is 15.6. The number of nitrogens with one attached hydrogen (secondary N) is 1. The highest BCUT2D eigenvalue weighted by Crippen LogP contribution is 2.03. The Kier molecular flexibility index (Phi) is 5.64. The van der Waals surface area contributed by atoms with E-state index >= 15 is 0 Å². The second-order valence-corrected chi connectivity index (χ2v) is 5.94. The molecule has 2 aromatic rings. The van der Waals surface area contributed by atoms with Crippen molar-refractivity contribution < 1.29 is 14.1 Å². The topological polar surface area (TPSA) is 37.9 Å². The maximum Gasteiger partial charge on any atom is 0.247 e. The van der Waals surface area contributed by atoms with E-state index in [2.05, 4.69) is 24.3 Å². The highest BCUT2D eigenvalue weighted by atomic mass is 16.3. The molecule has 4 nitrogen and oxygen atoms in total. The second kappa shape index (κ2) is 8.31. The number of carbonyl (C=O) groups is 1. The van der Waals surface area contributed by atoms with E-state index in [9.17, 15) is 4.79 Å². The van der Waals surface area contributed by atoms with Crippen LogP contribution in [0.4, 0.5) is 0 Å². The first-order chi connectivity index (χ1) is 11.8. The van der Waals surface area contributed by atoms with Gasteiger partial charge in [0.1, 0.15) is 5.76 Å². The minimum atomic E-state index is 0.0604. The van der Waals surface area contributed by atoms with Crippen molar-refractivity contribution in [2.24, 2.45) is 0 Å². The normalized spacial score (nSPS) is 16.2. The van der Waals surface area contributed by atoms with Crippen LogP contribution in [-0.2, 0) is 4.79 Å². The molecule has 1 amide bonds. The smallest absolute Gasteiger partial charge is 0.247 e. The standard InChI is InChI=1S/C20H22N2O2/c23-20(11-10-19-9-5-17-24-19)22-15-13-21(14-16-22)12-4-8-18-6-2-1-3-7-18/h1-11,17H,12-16H2/p+1/b8-4+,11-10+. The predicted molar refractivity (Wildman–Crippen MR) is 95.4 cm³/mol. The third-order valence-corrected chi connectivity index (χ3v) is 4.23. The molecule has 124 valence electrons. The van der Waals surface area contributed by atoms with Crippen LogP contribution in [0.1, 0.15) is 11.3 Å². The third-order valence-electron chi connectivity index (χ3n) is 4.23. The van der Waals surface area contributed by atoms with Gasteiger partial charge in [0.15, 0.2) is 0 Å². The molecule has 1 aliphatic heterocycles. The molecule has 24 heavy (non-hydrogen) atoms. The van der Waals surface area contributed by atoms with Gasteiger partial charge in [0.2, 0.25) is 5.91 Å². The highest BCUT2D eigenvalue weighted by Gasteiger charge is 2.21. The van der Waals surface area contributed by atoms with Crippen LogP contribution in [0.2, 0.25) is 0 Å². The first kappa shape index (κ1) is 16.3. The number of hydrogen-bond acceptors (Lipinski definition) is 2. The molecular formula is C20H23N2O2+. The zero-order valence-corrected chi connectivity index (χ0v) is 13.7. The number of rotatable bonds is 5. The van der Waals surface area contributed by atoms with Crippen molar-refractivity contribution in [3.8, 4) is 0 Å². The molecule has 1 aromatic carbocycles. The zero-order chi connectivity index (χ0) is 16.6. The van der Waals surface area contributed by atoms with Gasteiger partial charge in [-0.25, -0.2) is 0 Å². The third kappa shape index (κ3) is 4.70. The van der Waals surface area contributed by atoms with E-state index in [4.69, 9.17) is 4.42 Å². The molecule has 0 bridgehead atoms. The Morgan fingerprint density at radius 2 is 1.88 bits per heavy atom.